The van der Waals surface area contributed by atoms with Crippen LogP contribution in [0.25, 0.3) is 0 Å². The summed E-state index contributed by atoms with van der Waals surface area (Å²) in [5, 5.41) is 0. The van der Waals surface area contributed by atoms with Gasteiger partial charge < -0.3 is 10.5 Å². The summed E-state index contributed by atoms with van der Waals surface area (Å²) in [4.78, 5) is 2.53. The number of hydrogen-bond donors (Lipinski definition) is 1. The highest BCUT2D eigenvalue weighted by molar-refractivity contribution is 5.26. The number of rotatable bonds is 6. The Morgan fingerprint density at radius 3 is 2.86 bits per heavy atom. The van der Waals surface area contributed by atoms with Crippen molar-refractivity contribution in [2.75, 3.05) is 19.7 Å². The molecule has 0 amide bonds. The third kappa shape index (κ3) is 4.29. The van der Waals surface area contributed by atoms with E-state index in [1.165, 1.54) is 24.0 Å². The third-order valence-corrected chi connectivity index (χ3v) is 4.47. The number of nitrogens with two attached hydrogens (primary N) is 1. The Hall–Kier alpha value is -0.900. The van der Waals surface area contributed by atoms with Crippen LogP contribution in [0.1, 0.15) is 50.3 Å². The topological polar surface area (TPSA) is 38.5 Å². The number of ether oxygens (including phenoxy) is 1. The van der Waals surface area contributed by atoms with Crippen LogP contribution >= 0.6 is 0 Å². The van der Waals surface area contributed by atoms with Crippen molar-refractivity contribution in [3.63, 3.8) is 0 Å². The molecule has 2 rings (SSSR count). The van der Waals surface area contributed by atoms with E-state index in [1.54, 1.807) is 0 Å². The first-order chi connectivity index (χ1) is 10.2. The summed E-state index contributed by atoms with van der Waals surface area (Å²) in [6.07, 6.45) is 3.73. The predicted octanol–water partition coefficient (Wildman–Crippen LogP) is 3.27. The van der Waals surface area contributed by atoms with Crippen LogP contribution in [0, 0.1) is 6.92 Å². The zero-order valence-corrected chi connectivity index (χ0v) is 13.7. The van der Waals surface area contributed by atoms with Gasteiger partial charge in [0.05, 0.1) is 6.10 Å². The maximum atomic E-state index is 6.47. The van der Waals surface area contributed by atoms with Crippen molar-refractivity contribution < 1.29 is 4.74 Å². The first kappa shape index (κ1) is 16.5. The fourth-order valence-corrected chi connectivity index (χ4v) is 3.40. The normalized spacial score (nSPS) is 23.0. The fourth-order valence-electron chi connectivity index (χ4n) is 3.40. The van der Waals surface area contributed by atoms with Gasteiger partial charge in [-0.3, -0.25) is 4.90 Å². The van der Waals surface area contributed by atoms with Crippen molar-refractivity contribution in [2.24, 2.45) is 5.73 Å². The summed E-state index contributed by atoms with van der Waals surface area (Å²) in [5.41, 5.74) is 9.12. The maximum absolute atomic E-state index is 6.47. The van der Waals surface area contributed by atoms with Gasteiger partial charge in [-0.05, 0) is 45.2 Å². The van der Waals surface area contributed by atoms with Gasteiger partial charge in [0.1, 0.15) is 0 Å². The Kier molecular flexibility index (Phi) is 6.22. The van der Waals surface area contributed by atoms with Crippen LogP contribution in [0.3, 0.4) is 0 Å². The Morgan fingerprint density at radius 1 is 1.38 bits per heavy atom. The Bertz CT molecular complexity index is 433. The van der Waals surface area contributed by atoms with Crippen LogP contribution in [0.2, 0.25) is 0 Å². The van der Waals surface area contributed by atoms with Gasteiger partial charge >= 0.3 is 0 Å². The summed E-state index contributed by atoms with van der Waals surface area (Å²) >= 11 is 0. The molecule has 1 aromatic carbocycles. The number of aryl methyl sites for hydroxylation is 1. The molecule has 0 radical (unpaired) electrons. The van der Waals surface area contributed by atoms with E-state index in [0.29, 0.717) is 12.1 Å². The van der Waals surface area contributed by atoms with Crippen molar-refractivity contribution in [2.45, 2.75) is 58.2 Å². The molecule has 0 bridgehead atoms. The van der Waals surface area contributed by atoms with E-state index >= 15 is 0 Å². The van der Waals surface area contributed by atoms with Gasteiger partial charge in [-0.2, -0.15) is 0 Å². The summed E-state index contributed by atoms with van der Waals surface area (Å²) in [7, 11) is 0. The zero-order chi connectivity index (χ0) is 15.2. The molecule has 3 heteroatoms. The van der Waals surface area contributed by atoms with Gasteiger partial charge in [0.2, 0.25) is 0 Å². The van der Waals surface area contributed by atoms with E-state index in [1.807, 2.05) is 0 Å². The van der Waals surface area contributed by atoms with E-state index in [4.69, 9.17) is 10.5 Å². The Balaban J connectivity index is 2.19. The molecule has 0 spiro atoms. The summed E-state index contributed by atoms with van der Waals surface area (Å²) < 4.78 is 5.85. The lowest BCUT2D eigenvalue weighted by molar-refractivity contribution is -0.0116. The lowest BCUT2D eigenvalue weighted by atomic mass is 9.93. The number of hydrogen-bond acceptors (Lipinski definition) is 3. The Morgan fingerprint density at radius 2 is 2.19 bits per heavy atom. The quantitative estimate of drug-likeness (QED) is 0.874. The molecule has 21 heavy (non-hydrogen) atoms. The third-order valence-electron chi connectivity index (χ3n) is 4.47. The minimum absolute atomic E-state index is 0.173. The van der Waals surface area contributed by atoms with Crippen LogP contribution in [0.4, 0.5) is 0 Å². The van der Waals surface area contributed by atoms with Crippen molar-refractivity contribution >= 4 is 0 Å². The van der Waals surface area contributed by atoms with Gasteiger partial charge in [-0.15, -0.1) is 0 Å². The molecular formula is C18H30N2O. The molecule has 1 fully saturated rings. The molecule has 3 unspecified atom stereocenters. The van der Waals surface area contributed by atoms with E-state index in [9.17, 15) is 0 Å². The second-order valence-corrected chi connectivity index (χ2v) is 6.15. The van der Waals surface area contributed by atoms with Crippen LogP contribution < -0.4 is 5.73 Å². The average molecular weight is 290 g/mol. The number of nitrogens with zero attached hydrogens (tertiary/aromatic N) is 1. The molecule has 1 saturated heterocycles. The molecule has 2 N–H and O–H groups in total. The van der Waals surface area contributed by atoms with Crippen LogP contribution in [0.15, 0.2) is 24.3 Å². The van der Waals surface area contributed by atoms with E-state index in [-0.39, 0.29) is 6.04 Å². The molecule has 118 valence electrons. The minimum Gasteiger partial charge on any atom is -0.377 e. The van der Waals surface area contributed by atoms with Crippen molar-refractivity contribution in [3.05, 3.63) is 35.4 Å². The van der Waals surface area contributed by atoms with Gasteiger partial charge in [-0.1, -0.05) is 36.8 Å². The molecule has 0 aliphatic carbocycles. The van der Waals surface area contributed by atoms with Gasteiger partial charge in [0.15, 0.2) is 0 Å². The number of likely N-dealkylation sites (tertiary alicyclic amines) is 1. The molecule has 0 saturated carbocycles. The van der Waals surface area contributed by atoms with Gasteiger partial charge in [0.25, 0.3) is 0 Å². The Labute approximate surface area is 129 Å². The second kappa shape index (κ2) is 7.92. The smallest absolute Gasteiger partial charge is 0.0702 e. The molecule has 3 atom stereocenters. The van der Waals surface area contributed by atoms with E-state index < -0.39 is 0 Å². The summed E-state index contributed by atoms with van der Waals surface area (Å²) in [6, 6.07) is 9.27. The van der Waals surface area contributed by atoms with Gasteiger partial charge in [-0.25, -0.2) is 0 Å². The van der Waals surface area contributed by atoms with Crippen molar-refractivity contribution in [1.29, 1.82) is 0 Å². The maximum Gasteiger partial charge on any atom is 0.0702 e. The number of benzene rings is 1. The highest BCUT2D eigenvalue weighted by atomic mass is 16.5. The first-order valence-electron chi connectivity index (χ1n) is 8.33. The lowest BCUT2D eigenvalue weighted by Gasteiger charge is -2.40. The zero-order valence-electron chi connectivity index (χ0n) is 13.7. The molecule has 0 aromatic heterocycles. The van der Waals surface area contributed by atoms with Gasteiger partial charge in [0, 0.05) is 25.2 Å². The fraction of sp³-hybridized carbons (Fsp3) is 0.667. The summed E-state index contributed by atoms with van der Waals surface area (Å²) in [5.74, 6) is 0. The monoisotopic (exact) mass is 290 g/mol. The molecule has 3 nitrogen and oxygen atoms in total. The highest BCUT2D eigenvalue weighted by Crippen LogP contribution is 2.29. The second-order valence-electron chi connectivity index (χ2n) is 6.15. The SMILES string of the molecule is CCOC1CCCN(C(c2cccc(C)c2)C(N)CC)C1. The lowest BCUT2D eigenvalue weighted by Crippen LogP contribution is -2.47. The summed E-state index contributed by atoms with van der Waals surface area (Å²) in [6.45, 7) is 9.33. The first-order valence-corrected chi connectivity index (χ1v) is 8.33. The number of piperidine rings is 1. The molecule has 1 heterocycles. The van der Waals surface area contributed by atoms with Crippen molar-refractivity contribution in [1.82, 2.24) is 4.90 Å². The molecular weight excluding hydrogens is 260 g/mol. The van der Waals surface area contributed by atoms with Crippen LogP contribution in [-0.2, 0) is 4.74 Å². The van der Waals surface area contributed by atoms with E-state index in [2.05, 4.69) is 49.9 Å². The average Bonchev–Trinajstić information content (AvgIpc) is 2.48. The van der Waals surface area contributed by atoms with E-state index in [0.717, 1.165) is 26.1 Å². The molecule has 1 aliphatic rings. The standard InChI is InChI=1S/C18H30N2O/c1-4-17(19)18(15-9-6-8-14(3)12-15)20-11-7-10-16(13-20)21-5-2/h6,8-9,12,16-18H,4-5,7,10-11,13,19H2,1-3H3. The predicted molar refractivity (Wildman–Crippen MR) is 88.4 cm³/mol. The largest absolute Gasteiger partial charge is 0.377 e. The van der Waals surface area contributed by atoms with Crippen LogP contribution in [-0.4, -0.2) is 36.7 Å². The highest BCUT2D eigenvalue weighted by Gasteiger charge is 2.30. The molecule has 1 aliphatic heterocycles. The molecule has 1 aromatic rings. The van der Waals surface area contributed by atoms with Crippen LogP contribution in [0.5, 0.6) is 0 Å². The van der Waals surface area contributed by atoms with Crippen molar-refractivity contribution in [3.8, 4) is 0 Å². The minimum atomic E-state index is 0.173.